The Labute approximate surface area is 187 Å². The normalized spacial score (nSPS) is 10.9. The summed E-state index contributed by atoms with van der Waals surface area (Å²) < 4.78 is 1.77. The highest BCUT2D eigenvalue weighted by Crippen LogP contribution is 2.32. The first-order valence-electron chi connectivity index (χ1n) is 9.70. The largest absolute Gasteiger partial charge is 0.344 e. The van der Waals surface area contributed by atoms with E-state index in [2.05, 4.69) is 31.9 Å². The van der Waals surface area contributed by atoms with Gasteiger partial charge >= 0.3 is 0 Å². The number of rotatable bonds is 6. The molecule has 156 valence electrons. The SMILES string of the molecule is C=CC(=O)Nc1cccc(Sc2cnc3[nH]cc(-c4cnn(-c5cccnc5)c4)c3n2)c1. The minimum absolute atomic E-state index is 0.253. The lowest BCUT2D eigenvalue weighted by molar-refractivity contribution is -0.111. The predicted octanol–water partition coefficient (Wildman–Crippen LogP) is 4.48. The second-order valence-electron chi connectivity index (χ2n) is 6.82. The number of benzene rings is 1. The molecular formula is C23H17N7OS. The molecule has 0 fully saturated rings. The van der Waals surface area contributed by atoms with E-state index < -0.39 is 0 Å². The Kier molecular flexibility index (Phi) is 5.22. The molecule has 0 unspecified atom stereocenters. The Morgan fingerprint density at radius 1 is 1.19 bits per heavy atom. The molecule has 9 heteroatoms. The third-order valence-corrected chi connectivity index (χ3v) is 5.57. The van der Waals surface area contributed by atoms with Crippen molar-refractivity contribution in [2.45, 2.75) is 9.92 Å². The van der Waals surface area contributed by atoms with E-state index in [1.54, 1.807) is 29.5 Å². The molecule has 0 spiro atoms. The summed E-state index contributed by atoms with van der Waals surface area (Å²) >= 11 is 1.47. The van der Waals surface area contributed by atoms with Crippen LogP contribution in [0, 0.1) is 0 Å². The lowest BCUT2D eigenvalue weighted by Crippen LogP contribution is -2.06. The number of hydrogen-bond donors (Lipinski definition) is 2. The third-order valence-electron chi connectivity index (χ3n) is 4.67. The number of amides is 1. The molecule has 0 aliphatic heterocycles. The van der Waals surface area contributed by atoms with Crippen LogP contribution in [0.25, 0.3) is 28.0 Å². The lowest BCUT2D eigenvalue weighted by atomic mass is 10.2. The van der Waals surface area contributed by atoms with Crippen LogP contribution in [0.5, 0.6) is 0 Å². The molecule has 0 bridgehead atoms. The van der Waals surface area contributed by atoms with Crippen molar-refractivity contribution >= 4 is 34.5 Å². The smallest absolute Gasteiger partial charge is 0.247 e. The molecular weight excluding hydrogens is 422 g/mol. The summed E-state index contributed by atoms with van der Waals surface area (Å²) in [6.07, 6.45) is 12.1. The number of aromatic amines is 1. The average molecular weight is 440 g/mol. The van der Waals surface area contributed by atoms with Crippen molar-refractivity contribution < 1.29 is 4.79 Å². The molecule has 0 radical (unpaired) electrons. The topological polar surface area (TPSA) is 101 Å². The van der Waals surface area contributed by atoms with Crippen LogP contribution in [0.2, 0.25) is 0 Å². The number of anilines is 1. The van der Waals surface area contributed by atoms with Crippen molar-refractivity contribution in [1.82, 2.24) is 29.7 Å². The van der Waals surface area contributed by atoms with Crippen LogP contribution in [0.3, 0.4) is 0 Å². The Balaban J connectivity index is 1.44. The van der Waals surface area contributed by atoms with Gasteiger partial charge in [0.25, 0.3) is 0 Å². The first-order valence-corrected chi connectivity index (χ1v) is 10.5. The van der Waals surface area contributed by atoms with Crippen molar-refractivity contribution in [2.75, 3.05) is 5.32 Å². The van der Waals surface area contributed by atoms with Crippen LogP contribution in [0.4, 0.5) is 5.69 Å². The summed E-state index contributed by atoms with van der Waals surface area (Å²) in [5.74, 6) is -0.253. The molecule has 0 aliphatic carbocycles. The highest BCUT2D eigenvalue weighted by molar-refractivity contribution is 7.99. The van der Waals surface area contributed by atoms with Gasteiger partial charge in [-0.1, -0.05) is 24.4 Å². The fourth-order valence-electron chi connectivity index (χ4n) is 3.19. The van der Waals surface area contributed by atoms with E-state index in [4.69, 9.17) is 4.98 Å². The molecule has 0 saturated carbocycles. The van der Waals surface area contributed by atoms with Crippen LogP contribution in [-0.4, -0.2) is 35.6 Å². The van der Waals surface area contributed by atoms with E-state index in [1.165, 1.54) is 17.8 Å². The van der Waals surface area contributed by atoms with E-state index in [0.29, 0.717) is 11.3 Å². The van der Waals surface area contributed by atoms with Gasteiger partial charge in [0.1, 0.15) is 10.5 Å². The molecule has 1 amide bonds. The fraction of sp³-hybridized carbons (Fsp3) is 0. The number of hydrogen-bond acceptors (Lipinski definition) is 6. The summed E-state index contributed by atoms with van der Waals surface area (Å²) in [5.41, 5.74) is 4.87. The molecule has 0 aliphatic rings. The van der Waals surface area contributed by atoms with Gasteiger partial charge in [0.05, 0.1) is 24.3 Å². The van der Waals surface area contributed by atoms with Gasteiger partial charge in [0.2, 0.25) is 5.91 Å². The van der Waals surface area contributed by atoms with Gasteiger partial charge in [-0.2, -0.15) is 5.10 Å². The van der Waals surface area contributed by atoms with E-state index in [9.17, 15) is 4.79 Å². The van der Waals surface area contributed by atoms with Crippen LogP contribution in [0.15, 0.2) is 96.2 Å². The number of nitrogens with zero attached hydrogens (tertiary/aromatic N) is 5. The van der Waals surface area contributed by atoms with Gasteiger partial charge in [0, 0.05) is 40.3 Å². The molecule has 2 N–H and O–H groups in total. The number of pyridine rings is 1. The summed E-state index contributed by atoms with van der Waals surface area (Å²) in [5, 5.41) is 7.95. The minimum Gasteiger partial charge on any atom is -0.344 e. The van der Waals surface area contributed by atoms with Gasteiger partial charge in [-0.05, 0) is 36.4 Å². The molecule has 5 rings (SSSR count). The summed E-state index contributed by atoms with van der Waals surface area (Å²) in [7, 11) is 0. The van der Waals surface area contributed by atoms with Crippen LogP contribution >= 0.6 is 11.8 Å². The molecule has 8 nitrogen and oxygen atoms in total. The minimum atomic E-state index is -0.253. The number of carbonyl (C=O) groups excluding carboxylic acids is 1. The van der Waals surface area contributed by atoms with E-state index in [0.717, 1.165) is 32.3 Å². The Morgan fingerprint density at radius 2 is 2.12 bits per heavy atom. The molecule has 5 aromatic rings. The van der Waals surface area contributed by atoms with Crippen LogP contribution < -0.4 is 5.32 Å². The molecule has 0 saturated heterocycles. The average Bonchev–Trinajstić information content (AvgIpc) is 3.47. The zero-order chi connectivity index (χ0) is 21.9. The van der Waals surface area contributed by atoms with Gasteiger partial charge in [-0.25, -0.2) is 14.6 Å². The number of nitrogens with one attached hydrogen (secondary N) is 2. The summed E-state index contributed by atoms with van der Waals surface area (Å²) in [6.45, 7) is 3.48. The first-order chi connectivity index (χ1) is 15.7. The van der Waals surface area contributed by atoms with Gasteiger partial charge in [0.15, 0.2) is 5.65 Å². The summed E-state index contributed by atoms with van der Waals surface area (Å²) in [6, 6.07) is 11.4. The zero-order valence-electron chi connectivity index (χ0n) is 16.8. The van der Waals surface area contributed by atoms with Crippen LogP contribution in [0.1, 0.15) is 0 Å². The molecule has 4 heterocycles. The number of H-pyrrole nitrogens is 1. The second kappa shape index (κ2) is 8.48. The number of aromatic nitrogens is 6. The Bertz CT molecular complexity index is 1420. The van der Waals surface area contributed by atoms with Crippen LogP contribution in [-0.2, 0) is 4.79 Å². The van der Waals surface area contributed by atoms with E-state index in [1.807, 2.05) is 48.8 Å². The van der Waals surface area contributed by atoms with E-state index >= 15 is 0 Å². The number of carbonyl (C=O) groups is 1. The fourth-order valence-corrected chi connectivity index (χ4v) is 4.00. The van der Waals surface area contributed by atoms with Crippen molar-refractivity contribution in [2.24, 2.45) is 0 Å². The lowest BCUT2D eigenvalue weighted by Gasteiger charge is -2.05. The Morgan fingerprint density at radius 3 is 2.97 bits per heavy atom. The highest BCUT2D eigenvalue weighted by Gasteiger charge is 2.13. The zero-order valence-corrected chi connectivity index (χ0v) is 17.6. The van der Waals surface area contributed by atoms with Crippen molar-refractivity contribution in [3.63, 3.8) is 0 Å². The van der Waals surface area contributed by atoms with Gasteiger partial charge in [-0.3, -0.25) is 9.78 Å². The monoisotopic (exact) mass is 439 g/mol. The van der Waals surface area contributed by atoms with Crippen molar-refractivity contribution in [1.29, 1.82) is 0 Å². The van der Waals surface area contributed by atoms with E-state index in [-0.39, 0.29) is 5.91 Å². The summed E-state index contributed by atoms with van der Waals surface area (Å²) in [4.78, 5) is 29.1. The third kappa shape index (κ3) is 4.01. The number of fused-ring (bicyclic) bond motifs is 1. The van der Waals surface area contributed by atoms with Crippen molar-refractivity contribution in [3.8, 4) is 16.8 Å². The first kappa shape index (κ1) is 19.7. The maximum Gasteiger partial charge on any atom is 0.247 e. The molecule has 4 aromatic heterocycles. The standard InChI is InChI=1S/C23H17N7OS/c1-2-20(31)28-16-5-3-7-18(9-16)32-21-13-26-23-22(29-21)19(12-25-23)15-10-27-30(14-15)17-6-4-8-24-11-17/h2-14H,1H2,(H,25,26)(H,28,31). The van der Waals surface area contributed by atoms with Crippen molar-refractivity contribution in [3.05, 3.63) is 86.2 Å². The Hall–Kier alpha value is -4.24. The molecule has 32 heavy (non-hydrogen) atoms. The van der Waals surface area contributed by atoms with Gasteiger partial charge < -0.3 is 10.3 Å². The second-order valence-corrected chi connectivity index (χ2v) is 7.91. The maximum atomic E-state index is 11.6. The quantitative estimate of drug-likeness (QED) is 0.378. The molecule has 0 atom stereocenters. The highest BCUT2D eigenvalue weighted by atomic mass is 32.2. The van der Waals surface area contributed by atoms with Gasteiger partial charge in [-0.15, -0.1) is 0 Å². The maximum absolute atomic E-state index is 11.6. The molecule has 1 aromatic carbocycles. The predicted molar refractivity (Wildman–Crippen MR) is 124 cm³/mol.